The summed E-state index contributed by atoms with van der Waals surface area (Å²) in [5, 5.41) is 0. The molecular weight excluding hydrogens is 319 g/mol. The molecule has 120 valence electrons. The maximum absolute atomic E-state index is 12.8. The van der Waals surface area contributed by atoms with E-state index in [0.717, 1.165) is 0 Å². The van der Waals surface area contributed by atoms with E-state index in [1.54, 1.807) is 36.4 Å². The molecule has 0 unspecified atom stereocenters. The molecule has 0 bridgehead atoms. The topological polar surface area (TPSA) is 71.1 Å². The second-order valence-electron chi connectivity index (χ2n) is 4.92. The van der Waals surface area contributed by atoms with Crippen LogP contribution in [-0.4, -0.2) is 25.8 Å². The first-order valence-electron chi connectivity index (χ1n) is 6.90. The Labute approximate surface area is 133 Å². The first kappa shape index (κ1) is 15.4. The minimum Gasteiger partial charge on any atom is -0.478 e. The maximum atomic E-state index is 12.8. The van der Waals surface area contributed by atoms with Gasteiger partial charge in [-0.05, 0) is 36.4 Å². The molecule has 0 saturated carbocycles. The lowest BCUT2D eigenvalue weighted by atomic mass is 10.2. The van der Waals surface area contributed by atoms with Crippen molar-refractivity contribution in [3.8, 4) is 17.2 Å². The summed E-state index contributed by atoms with van der Waals surface area (Å²) in [6.45, 7) is 0. The number of carbonyl (C=O) groups is 1. The third-order valence-corrected chi connectivity index (χ3v) is 4.82. The van der Waals surface area contributed by atoms with Crippen molar-refractivity contribution in [1.82, 2.24) is 0 Å². The number of para-hydroxylation sites is 2. The van der Waals surface area contributed by atoms with Crippen molar-refractivity contribution in [2.75, 3.05) is 19.8 Å². The molecule has 3 rings (SSSR count). The van der Waals surface area contributed by atoms with E-state index < -0.39 is 13.3 Å². The highest BCUT2D eigenvalue weighted by Gasteiger charge is 2.31. The van der Waals surface area contributed by atoms with Crippen LogP contribution >= 0.6 is 7.37 Å². The van der Waals surface area contributed by atoms with E-state index in [1.165, 1.54) is 7.11 Å². The first-order valence-corrected chi connectivity index (χ1v) is 8.90. The highest BCUT2D eigenvalue weighted by Crippen LogP contribution is 2.50. The summed E-state index contributed by atoms with van der Waals surface area (Å²) in [4.78, 5) is 11.4. The Morgan fingerprint density at radius 1 is 1.00 bits per heavy atom. The zero-order valence-corrected chi connectivity index (χ0v) is 13.3. The summed E-state index contributed by atoms with van der Waals surface area (Å²) in [6, 6.07) is 13.3. The molecule has 2 aromatic rings. The van der Waals surface area contributed by atoms with Crippen LogP contribution in [0, 0.1) is 0 Å². The molecule has 6 nitrogen and oxygen atoms in total. The van der Waals surface area contributed by atoms with E-state index >= 15 is 0 Å². The molecule has 0 N–H and O–H groups in total. The predicted molar refractivity (Wildman–Crippen MR) is 83.4 cm³/mol. The lowest BCUT2D eigenvalue weighted by Gasteiger charge is -2.16. The van der Waals surface area contributed by atoms with E-state index in [2.05, 4.69) is 4.74 Å². The summed E-state index contributed by atoms with van der Waals surface area (Å²) in [7, 11) is -1.86. The molecule has 0 radical (unpaired) electrons. The van der Waals surface area contributed by atoms with E-state index in [1.807, 2.05) is 12.1 Å². The molecule has 0 aromatic heterocycles. The number of methoxy groups -OCH3 is 1. The Morgan fingerprint density at radius 3 is 2.09 bits per heavy atom. The average molecular weight is 334 g/mol. The third kappa shape index (κ3) is 3.48. The van der Waals surface area contributed by atoms with Gasteiger partial charge in [0, 0.05) is 0 Å². The number of hydrogen-bond acceptors (Lipinski definition) is 6. The fraction of sp³-hybridized carbons (Fsp3) is 0.188. The van der Waals surface area contributed by atoms with Crippen molar-refractivity contribution < 1.29 is 28.1 Å². The predicted octanol–water partition coefficient (Wildman–Crippen LogP) is 3.52. The molecule has 1 heterocycles. The lowest BCUT2D eigenvalue weighted by Crippen LogP contribution is -2.08. The fourth-order valence-electron chi connectivity index (χ4n) is 2.08. The van der Waals surface area contributed by atoms with Gasteiger partial charge < -0.3 is 18.7 Å². The normalized spacial score (nSPS) is 15.3. The van der Waals surface area contributed by atoms with Crippen LogP contribution in [0.1, 0.15) is 10.4 Å². The number of fused-ring (bicyclic) bond motifs is 1. The zero-order valence-electron chi connectivity index (χ0n) is 12.4. The Balaban J connectivity index is 1.73. The minimum atomic E-state index is -3.17. The Hall–Kier alpha value is -2.46. The van der Waals surface area contributed by atoms with Gasteiger partial charge in [0.05, 0.1) is 12.7 Å². The smallest absolute Gasteiger partial charge is 0.337 e. The van der Waals surface area contributed by atoms with Crippen molar-refractivity contribution in [2.24, 2.45) is 0 Å². The van der Waals surface area contributed by atoms with Crippen LogP contribution in [-0.2, 0) is 9.30 Å². The second kappa shape index (κ2) is 6.34. The monoisotopic (exact) mass is 334 g/mol. The van der Waals surface area contributed by atoms with Crippen LogP contribution in [0.15, 0.2) is 48.5 Å². The molecule has 0 spiro atoms. The van der Waals surface area contributed by atoms with Gasteiger partial charge in [-0.2, -0.15) is 0 Å². The van der Waals surface area contributed by atoms with Crippen molar-refractivity contribution in [2.45, 2.75) is 0 Å². The molecular formula is C16H15O6P. The van der Waals surface area contributed by atoms with E-state index in [-0.39, 0.29) is 12.7 Å². The van der Waals surface area contributed by atoms with Crippen molar-refractivity contribution in [3.05, 3.63) is 54.1 Å². The minimum absolute atomic E-state index is 0.0806. The average Bonchev–Trinajstić information content (AvgIpc) is 2.75. The van der Waals surface area contributed by atoms with Crippen LogP contribution in [0.3, 0.4) is 0 Å². The quantitative estimate of drug-likeness (QED) is 0.632. The highest BCUT2D eigenvalue weighted by atomic mass is 31.2. The van der Waals surface area contributed by atoms with Crippen LogP contribution in [0.2, 0.25) is 0 Å². The van der Waals surface area contributed by atoms with Crippen LogP contribution in [0.4, 0.5) is 0 Å². The summed E-state index contributed by atoms with van der Waals surface area (Å²) in [5.41, 5.74) is 0.388. The van der Waals surface area contributed by atoms with Crippen molar-refractivity contribution in [3.63, 3.8) is 0 Å². The summed E-state index contributed by atoms with van der Waals surface area (Å²) >= 11 is 0. The van der Waals surface area contributed by atoms with Crippen LogP contribution in [0.25, 0.3) is 0 Å². The van der Waals surface area contributed by atoms with E-state index in [9.17, 15) is 9.36 Å². The molecule has 1 aliphatic heterocycles. The van der Waals surface area contributed by atoms with Crippen molar-refractivity contribution >= 4 is 13.3 Å². The molecule has 0 fully saturated rings. The lowest BCUT2D eigenvalue weighted by molar-refractivity contribution is 0.0600. The number of ether oxygens (including phenoxy) is 3. The molecule has 23 heavy (non-hydrogen) atoms. The van der Waals surface area contributed by atoms with Crippen LogP contribution in [0.5, 0.6) is 17.2 Å². The number of benzene rings is 2. The third-order valence-electron chi connectivity index (χ3n) is 3.23. The summed E-state index contributed by atoms with van der Waals surface area (Å²) in [5.74, 6) is 1.00. The first-order chi connectivity index (χ1) is 11.1. The Morgan fingerprint density at radius 2 is 1.57 bits per heavy atom. The maximum Gasteiger partial charge on any atom is 0.337 e. The summed E-state index contributed by atoms with van der Waals surface area (Å²) < 4.78 is 34.1. The van der Waals surface area contributed by atoms with Gasteiger partial charge in [-0.3, -0.25) is 4.57 Å². The van der Waals surface area contributed by atoms with Gasteiger partial charge in [0.25, 0.3) is 0 Å². The fourth-order valence-corrected chi connectivity index (χ4v) is 3.43. The van der Waals surface area contributed by atoms with Crippen LogP contribution < -0.4 is 14.0 Å². The Kier molecular flexibility index (Phi) is 4.26. The largest absolute Gasteiger partial charge is 0.478 e. The molecule has 0 amide bonds. The number of rotatable bonds is 3. The number of hydrogen-bond donors (Lipinski definition) is 0. The molecule has 7 heteroatoms. The standard InChI is InChI=1S/C16H15O6P/c1-19-16(17)12-6-8-13(9-7-12)22-23(18)10-20-14-4-2-3-5-15(14)21-11-23/h2-9H,10-11H2,1H3. The SMILES string of the molecule is COC(=O)c1ccc(OP2(=O)COc3ccccc3OC2)cc1. The number of carbonyl (C=O) groups excluding carboxylic acids is 1. The van der Waals surface area contributed by atoms with Crippen molar-refractivity contribution in [1.29, 1.82) is 0 Å². The molecule has 0 atom stereocenters. The van der Waals surface area contributed by atoms with Gasteiger partial charge in [0.2, 0.25) is 0 Å². The molecule has 0 saturated heterocycles. The molecule has 2 aromatic carbocycles. The Bertz CT molecular complexity index is 724. The zero-order chi connectivity index (χ0) is 16.3. The van der Waals surface area contributed by atoms with E-state index in [4.69, 9.17) is 14.0 Å². The van der Waals surface area contributed by atoms with Gasteiger partial charge in [-0.25, -0.2) is 4.79 Å². The summed E-state index contributed by atoms with van der Waals surface area (Å²) in [6.07, 6.45) is -0.161. The van der Waals surface area contributed by atoms with Gasteiger partial charge in [-0.1, -0.05) is 12.1 Å². The van der Waals surface area contributed by atoms with Gasteiger partial charge >= 0.3 is 13.3 Å². The molecule has 1 aliphatic rings. The van der Waals surface area contributed by atoms with E-state index in [0.29, 0.717) is 22.8 Å². The number of esters is 1. The van der Waals surface area contributed by atoms with Gasteiger partial charge in [-0.15, -0.1) is 0 Å². The highest BCUT2D eigenvalue weighted by molar-refractivity contribution is 7.59. The van der Waals surface area contributed by atoms with Gasteiger partial charge in [0.1, 0.15) is 5.75 Å². The van der Waals surface area contributed by atoms with Gasteiger partial charge in [0.15, 0.2) is 24.2 Å². The molecule has 0 aliphatic carbocycles. The second-order valence-corrected chi connectivity index (χ2v) is 7.24.